The van der Waals surface area contributed by atoms with Gasteiger partial charge in [-0.1, -0.05) is 0 Å². The Balaban J connectivity index is 0.902. The molecule has 142 heavy (non-hydrogen) atoms. The number of carbonyl (C=O) groups is 6. The van der Waals surface area contributed by atoms with Gasteiger partial charge in [-0.2, -0.15) is 0 Å². The summed E-state index contributed by atoms with van der Waals surface area (Å²) in [4.78, 5) is 77.5. The number of carbonyl (C=O) groups excluding carboxylic acids is 5. The summed E-state index contributed by atoms with van der Waals surface area (Å²) in [7, 11) is 0. The third-order valence-electron chi connectivity index (χ3n) is 25.9. The van der Waals surface area contributed by atoms with E-state index in [0.29, 0.717) is 0 Å². The topological polar surface area (TPSA) is 984 Å². The summed E-state index contributed by atoms with van der Waals surface area (Å²) < 4.78 is 125. The van der Waals surface area contributed by atoms with Gasteiger partial charge in [-0.25, -0.2) is 4.79 Å². The molecule has 11 rings (SSSR count). The van der Waals surface area contributed by atoms with Crippen LogP contribution in [0.5, 0.6) is 0 Å². The molecule has 0 aromatic heterocycles. The number of hydrogen-bond acceptors (Lipinski definition) is 57. The van der Waals surface area contributed by atoms with Gasteiger partial charge in [0.15, 0.2) is 62.9 Å². The van der Waals surface area contributed by atoms with Crippen LogP contribution in [0.3, 0.4) is 0 Å². The van der Waals surface area contributed by atoms with Crippen LogP contribution in [0.4, 0.5) is 0 Å². The number of carboxylic acids is 1. The molecule has 11 fully saturated rings. The van der Waals surface area contributed by atoms with Crippen molar-refractivity contribution < 1.29 is 287 Å². The molecule has 11 heterocycles. The first-order chi connectivity index (χ1) is 66.9. The lowest BCUT2D eigenvalue weighted by atomic mass is 9.88. The Kier molecular flexibility index (Phi) is 41.7. The van der Waals surface area contributed by atoms with Crippen molar-refractivity contribution in [2.75, 3.05) is 66.1 Å². The minimum Gasteiger partial charge on any atom is -0.477 e. The Morgan fingerprint density at radius 1 is 0.303 bits per heavy atom. The van der Waals surface area contributed by atoms with Crippen LogP contribution in [0.1, 0.15) is 48.0 Å². The summed E-state index contributed by atoms with van der Waals surface area (Å²) in [6.07, 6.45) is -109. The first-order valence-electron chi connectivity index (χ1n) is 45.1. The predicted molar refractivity (Wildman–Crippen MR) is 436 cm³/mol. The summed E-state index contributed by atoms with van der Waals surface area (Å²) >= 11 is 0. The number of carboxylic acid groups (broad SMARTS) is 1. The molecule has 63 nitrogen and oxygen atoms in total. The fourth-order valence-electron chi connectivity index (χ4n) is 18.3. The molecule has 5 amide bonds. The smallest absolute Gasteiger partial charge is 0.364 e. The molecule has 56 atom stereocenters. The normalized spacial score (nSPS) is 48.0. The fourth-order valence-corrected chi connectivity index (χ4v) is 18.3. The van der Waals surface area contributed by atoms with Crippen LogP contribution in [-0.2, 0) is 128 Å². The molecule has 0 aliphatic carbocycles. The molecular weight excluding hydrogens is 1950 g/mol. The zero-order valence-electron chi connectivity index (χ0n) is 76.4. The molecule has 11 aliphatic rings. The third kappa shape index (κ3) is 26.0. The second-order valence-corrected chi connectivity index (χ2v) is 36.0. The Hall–Kier alpha value is -5.22. The van der Waals surface area contributed by atoms with E-state index in [1.54, 1.807) is 0 Å². The number of hydrogen-bond donors (Lipinski definition) is 36. The van der Waals surface area contributed by atoms with Gasteiger partial charge in [0.05, 0.1) is 84.3 Å². The molecule has 0 unspecified atom stereocenters. The molecule has 0 aromatic rings. The Labute approximate surface area is 803 Å². The molecule has 820 valence electrons. The second kappa shape index (κ2) is 50.6. The average molecular weight is 2080 g/mol. The summed E-state index contributed by atoms with van der Waals surface area (Å²) in [5.41, 5.74) is 0. The molecule has 0 aromatic carbocycles. The number of nitrogens with one attached hydrogen (secondary N) is 5. The van der Waals surface area contributed by atoms with Gasteiger partial charge in [0.2, 0.25) is 29.5 Å². The zero-order valence-corrected chi connectivity index (χ0v) is 76.4. The van der Waals surface area contributed by atoms with Crippen molar-refractivity contribution in [2.45, 2.75) is 391 Å². The van der Waals surface area contributed by atoms with Crippen molar-refractivity contribution in [3.05, 3.63) is 0 Å². The van der Waals surface area contributed by atoms with Crippen LogP contribution in [0.15, 0.2) is 0 Å². The highest BCUT2D eigenvalue weighted by atomic mass is 16.8. The van der Waals surface area contributed by atoms with Gasteiger partial charge in [0.1, 0.15) is 256 Å². The fraction of sp³-hybridized carbons (Fsp3) is 0.924. The minimum absolute atomic E-state index is 0.856. The lowest BCUT2D eigenvalue weighted by molar-refractivity contribution is -0.399. The number of ether oxygens (including phenoxy) is 21. The van der Waals surface area contributed by atoms with Crippen LogP contribution in [0.25, 0.3) is 0 Å². The number of aliphatic hydroxyl groups excluding tert-OH is 30. The summed E-state index contributed by atoms with van der Waals surface area (Å²) in [5, 5.41) is 360. The van der Waals surface area contributed by atoms with Gasteiger partial charge in [-0.15, -0.1) is 0 Å². The Bertz CT molecular complexity index is 4010. The van der Waals surface area contributed by atoms with Crippen molar-refractivity contribution in [3.63, 3.8) is 0 Å². The quantitative estimate of drug-likeness (QED) is 0.0273. The minimum atomic E-state index is -3.11. The van der Waals surface area contributed by atoms with Crippen molar-refractivity contribution in [1.29, 1.82) is 0 Å². The molecule has 63 heteroatoms. The van der Waals surface area contributed by atoms with E-state index in [-0.39, 0.29) is 0 Å². The van der Waals surface area contributed by atoms with Gasteiger partial charge in [-0.3, -0.25) is 24.0 Å². The van der Waals surface area contributed by atoms with Crippen LogP contribution < -0.4 is 26.6 Å². The van der Waals surface area contributed by atoms with Crippen LogP contribution in [-0.4, -0.2) is 603 Å². The molecule has 0 radical (unpaired) electrons. The van der Waals surface area contributed by atoms with Crippen LogP contribution >= 0.6 is 0 Å². The van der Waals surface area contributed by atoms with Gasteiger partial charge in [0.25, 0.3) is 5.79 Å². The standard InChI is InChI=1S/C79H131N5O58/c1-18-40(99)51(110)56(115)72(125-18)122-16-34-63(47(106)36(68(119)126-34)81-20(3)93)135-69-37(82-21(4)94)48(107)62(31(14-91)130-69)138-75-59(118)65(139-77-67(55(114)44(103)28(11-88)129-77)141-71-39(84-23(6)96)50(109)60(29(12-89)132-71)136-73-57(116)52(111)42(101)26(9-86)127-73)46(105)32(133-75)15-123-76-66(54(113)43(102)27(10-87)128-76)140-70-38(83-22(5)95)49(108)61(30(13-90)131-70)137-74-58(117)53(112)45(104)33(134-74)17-124-79(78(120)121)7-24(97)35(80-19(2)92)64(142-79)41(100)25(98)8-85/h18,24-77,85-91,97-119H,7-17H2,1-6H3,(H,80,92)(H,81,93)(H,82,94)(H,83,95)(H,84,96)(H,120,121)/t18-,24-,25+,26+,27+,28+,29+,30+,31+,32+,33+,34+,35+,36+,37+,38+,39+,40+,41+,42-,43+,44+,45-,46+,47+,48+,49+,50+,51+,52-,53-,54-,55-,56-,57+,58+,59-,60+,61+,62+,63+,64+,65-,66-,67-,68-,69-,70-,71-,72+,73-,74-,75-,76-,77+,79+/m0/s1. The van der Waals surface area contributed by atoms with Crippen molar-refractivity contribution in [3.8, 4) is 0 Å². The van der Waals surface area contributed by atoms with Gasteiger partial charge >= 0.3 is 5.97 Å². The molecule has 11 saturated heterocycles. The van der Waals surface area contributed by atoms with Crippen molar-refractivity contribution in [1.82, 2.24) is 26.6 Å². The van der Waals surface area contributed by atoms with E-state index in [2.05, 4.69) is 26.6 Å². The summed E-state index contributed by atoms with van der Waals surface area (Å²) in [5.74, 6) is -9.99. The van der Waals surface area contributed by atoms with Crippen LogP contribution in [0, 0.1) is 0 Å². The number of aliphatic carboxylic acids is 1. The average Bonchev–Trinajstić information content (AvgIpc) is 0.757. The molecule has 11 aliphatic heterocycles. The van der Waals surface area contributed by atoms with E-state index < -0.39 is 451 Å². The number of aliphatic hydroxyl groups is 30. The van der Waals surface area contributed by atoms with Gasteiger partial charge in [0, 0.05) is 41.0 Å². The number of rotatable bonds is 38. The van der Waals surface area contributed by atoms with E-state index >= 15 is 0 Å². The Morgan fingerprint density at radius 2 is 0.620 bits per heavy atom. The van der Waals surface area contributed by atoms with Crippen molar-refractivity contribution in [2.24, 2.45) is 0 Å². The molecular formula is C79H131N5O58. The van der Waals surface area contributed by atoms with E-state index in [9.17, 15) is 187 Å². The second-order valence-electron chi connectivity index (χ2n) is 36.0. The summed E-state index contributed by atoms with van der Waals surface area (Å²) in [6, 6.07) is -9.69. The molecule has 0 bridgehead atoms. The lowest BCUT2D eigenvalue weighted by Gasteiger charge is -2.51. The van der Waals surface area contributed by atoms with E-state index in [1.165, 1.54) is 6.92 Å². The molecule has 0 spiro atoms. The van der Waals surface area contributed by atoms with E-state index in [1.807, 2.05) is 0 Å². The maximum Gasteiger partial charge on any atom is 0.364 e. The van der Waals surface area contributed by atoms with Gasteiger partial charge in [-0.05, 0) is 6.92 Å². The first-order valence-corrected chi connectivity index (χ1v) is 45.1. The molecule has 0 saturated carbocycles. The van der Waals surface area contributed by atoms with Crippen LogP contribution in [0.2, 0.25) is 0 Å². The maximum absolute atomic E-state index is 13.4. The highest BCUT2D eigenvalue weighted by molar-refractivity contribution is 5.77. The predicted octanol–water partition coefficient (Wildman–Crippen LogP) is -24.0. The van der Waals surface area contributed by atoms with E-state index in [4.69, 9.17) is 99.5 Å². The largest absolute Gasteiger partial charge is 0.477 e. The van der Waals surface area contributed by atoms with E-state index in [0.717, 1.165) is 34.6 Å². The maximum atomic E-state index is 13.4. The highest BCUT2D eigenvalue weighted by Crippen LogP contribution is 2.43. The first kappa shape index (κ1) is 117. The lowest BCUT2D eigenvalue weighted by Crippen LogP contribution is -2.71. The highest BCUT2D eigenvalue weighted by Gasteiger charge is 2.64. The van der Waals surface area contributed by atoms with Gasteiger partial charge < -0.3 is 284 Å². The molecule has 36 N–H and O–H groups in total. The Morgan fingerprint density at radius 3 is 1.05 bits per heavy atom. The third-order valence-corrected chi connectivity index (χ3v) is 25.9. The SMILES string of the molecule is CC(=O)N[C@@H]1[C@@H](O)[C@H](O[C@@H]2O[C@H](CO)[C@@H](O[C@@H]3O[C@H](CO[C@H]4O[C@H](CO)[C@@H](O)[C@H](O)[C@@H]4O[C@@H]4O[C@H](CO)[C@@H](O[C@@H]5O[C@H](CO[C@]6(C(=O)O)C[C@H](O)[C@@H](NC(C)=O)[C@H]([C@H](O)[C@H](O)CO)O6)[C@H](O)[C@H](O)[C@H]5O)[C@H](O)[C@H]4NC(C)=O)[C@@H](O)[C@H](O[C@H]4O[C@H](CO)[C@@H](O)[C@H](O)[C@@H]4O[C@@H]4O[C@H](CO)[C@@H](O[C@@H]5O[C@H](CO)[C@H](O)[C@H](O)[C@H]5O)[C@H](O)[C@H]4NC(C)=O)[C@@H]3O)[C@H](O)[C@H]2NC(C)=O)[C@@H](CO[C@@H]2O[C@@H](C)[C@@H](O)[C@@H](O)[C@@H]2O)O[C@@H]1O. The zero-order chi connectivity index (χ0) is 105. The monoisotopic (exact) mass is 2080 g/mol. The number of amides is 5. The summed E-state index contributed by atoms with van der Waals surface area (Å²) in [6.45, 7) is -5.99. The van der Waals surface area contributed by atoms with Crippen molar-refractivity contribution >= 4 is 35.5 Å².